The maximum atomic E-state index is 15.1. The van der Waals surface area contributed by atoms with Gasteiger partial charge in [0, 0.05) is 13.1 Å². The first kappa shape index (κ1) is 21.1. The fourth-order valence-electron chi connectivity index (χ4n) is 4.12. The van der Waals surface area contributed by atoms with E-state index in [1.165, 1.54) is 6.07 Å². The summed E-state index contributed by atoms with van der Waals surface area (Å²) in [5.41, 5.74) is 0.594. The average Bonchev–Trinajstić information content (AvgIpc) is 3.43. The smallest absolute Gasteiger partial charge is 0.407 e. The summed E-state index contributed by atoms with van der Waals surface area (Å²) in [5, 5.41) is 12.2. The molecular weight excluding hydrogens is 405 g/mol. The van der Waals surface area contributed by atoms with Crippen LogP contribution in [0.4, 0.5) is 14.9 Å². The summed E-state index contributed by atoms with van der Waals surface area (Å²) in [6.07, 6.45) is 2.37. The van der Waals surface area contributed by atoms with E-state index in [9.17, 15) is 19.5 Å². The van der Waals surface area contributed by atoms with Gasteiger partial charge in [-0.25, -0.2) is 14.0 Å². The Morgan fingerprint density at radius 1 is 1.26 bits per heavy atom. The predicted octanol–water partition coefficient (Wildman–Crippen LogP) is 3.04. The van der Waals surface area contributed by atoms with Crippen LogP contribution in [0.25, 0.3) is 5.52 Å². The first-order valence-corrected chi connectivity index (χ1v) is 10.3. The number of anilines is 1. The highest BCUT2D eigenvalue weighted by Gasteiger charge is 2.35. The fourth-order valence-corrected chi connectivity index (χ4v) is 4.12. The third kappa shape index (κ3) is 3.96. The van der Waals surface area contributed by atoms with Crippen LogP contribution >= 0.6 is 0 Å². The van der Waals surface area contributed by atoms with E-state index in [0.29, 0.717) is 29.9 Å². The molecule has 8 nitrogen and oxygen atoms in total. The molecule has 1 aliphatic carbocycles. The number of carbonyl (C=O) groups excluding carboxylic acids is 1. The number of amides is 1. The van der Waals surface area contributed by atoms with Gasteiger partial charge >= 0.3 is 12.1 Å². The monoisotopic (exact) mass is 431 g/mol. The minimum absolute atomic E-state index is 0.170. The largest absolute Gasteiger partial charge is 0.477 e. The lowest BCUT2D eigenvalue weighted by molar-refractivity contribution is 0.0495. The third-order valence-corrected chi connectivity index (χ3v) is 5.61. The molecule has 1 saturated heterocycles. The second kappa shape index (κ2) is 7.25. The van der Waals surface area contributed by atoms with E-state index in [4.69, 9.17) is 4.74 Å². The number of hydrogen-bond donors (Lipinski definition) is 2. The van der Waals surface area contributed by atoms with Gasteiger partial charge in [0.05, 0.1) is 23.4 Å². The Kier molecular flexibility index (Phi) is 4.94. The van der Waals surface area contributed by atoms with Crippen molar-refractivity contribution in [2.45, 2.75) is 58.1 Å². The number of aromatic carboxylic acids is 1. The molecule has 0 spiro atoms. The van der Waals surface area contributed by atoms with Crippen LogP contribution in [0.1, 0.15) is 61.0 Å². The van der Waals surface area contributed by atoms with Gasteiger partial charge in [-0.1, -0.05) is 0 Å². The molecule has 2 fully saturated rings. The highest BCUT2D eigenvalue weighted by atomic mass is 19.1. The van der Waals surface area contributed by atoms with Crippen molar-refractivity contribution in [2.24, 2.45) is 0 Å². The molecule has 0 bridgehead atoms. The van der Waals surface area contributed by atoms with Crippen LogP contribution in [0.3, 0.4) is 0 Å². The lowest BCUT2D eigenvalue weighted by Crippen LogP contribution is -2.60. The van der Waals surface area contributed by atoms with E-state index in [0.717, 1.165) is 29.0 Å². The molecule has 1 saturated carbocycles. The van der Waals surface area contributed by atoms with E-state index in [1.54, 1.807) is 32.6 Å². The highest BCUT2D eigenvalue weighted by molar-refractivity contribution is 5.89. The van der Waals surface area contributed by atoms with Gasteiger partial charge < -0.3 is 20.1 Å². The number of hydrogen-bond acceptors (Lipinski definition) is 5. The zero-order valence-corrected chi connectivity index (χ0v) is 18.0. The SMILES string of the molecule is Cc1c(N2CC(NC(=O)OC(C)(C)C)C2)c(F)cn2c(=O)c(C(=O)O)cc(C3CC3)c12. The minimum atomic E-state index is -1.32. The number of halogens is 1. The van der Waals surface area contributed by atoms with Crippen LogP contribution in [0, 0.1) is 12.7 Å². The van der Waals surface area contributed by atoms with Crippen LogP contribution in [0.5, 0.6) is 0 Å². The summed E-state index contributed by atoms with van der Waals surface area (Å²) in [5.74, 6) is -1.75. The second-order valence-electron chi connectivity index (χ2n) is 9.32. The number of carboxylic acid groups (broad SMARTS) is 1. The third-order valence-electron chi connectivity index (χ3n) is 5.61. The number of ether oxygens (including phenoxy) is 1. The molecule has 2 aromatic rings. The van der Waals surface area contributed by atoms with Crippen molar-refractivity contribution < 1.29 is 23.8 Å². The number of pyridine rings is 2. The fraction of sp³-hybridized carbons (Fsp3) is 0.500. The zero-order valence-electron chi connectivity index (χ0n) is 18.0. The van der Waals surface area contributed by atoms with Crippen molar-refractivity contribution in [1.82, 2.24) is 9.72 Å². The Labute approximate surface area is 178 Å². The van der Waals surface area contributed by atoms with Crippen LogP contribution < -0.4 is 15.8 Å². The molecule has 0 radical (unpaired) electrons. The molecule has 2 aliphatic rings. The van der Waals surface area contributed by atoms with Gasteiger partial charge in [-0.2, -0.15) is 0 Å². The molecule has 0 unspecified atom stereocenters. The summed E-state index contributed by atoms with van der Waals surface area (Å²) in [4.78, 5) is 37.9. The highest BCUT2D eigenvalue weighted by Crippen LogP contribution is 2.44. The van der Waals surface area contributed by atoms with E-state index < -0.39 is 29.0 Å². The topological polar surface area (TPSA) is 100 Å². The van der Waals surface area contributed by atoms with E-state index >= 15 is 4.39 Å². The van der Waals surface area contributed by atoms with E-state index in [-0.39, 0.29) is 17.5 Å². The summed E-state index contributed by atoms with van der Waals surface area (Å²) >= 11 is 0. The van der Waals surface area contributed by atoms with Crippen LogP contribution in [0.15, 0.2) is 17.1 Å². The van der Waals surface area contributed by atoms with Gasteiger partial charge in [0.25, 0.3) is 5.56 Å². The molecule has 31 heavy (non-hydrogen) atoms. The standard InChI is InChI=1S/C22H26FN3O5/c1-11-17-14(12-5-6-12)7-15(20(28)29)19(27)26(17)10-16(23)18(11)25-8-13(9-25)24-21(30)31-22(2,3)4/h7,10,12-13H,5-6,8-9H2,1-4H3,(H,24,30)(H,28,29). The van der Waals surface area contributed by atoms with Crippen molar-refractivity contribution in [3.05, 3.63) is 45.1 Å². The number of rotatable bonds is 4. The number of nitrogens with zero attached hydrogens (tertiary/aromatic N) is 2. The molecule has 0 aromatic carbocycles. The van der Waals surface area contributed by atoms with Crippen molar-refractivity contribution in [3.63, 3.8) is 0 Å². The number of nitrogens with one attached hydrogen (secondary N) is 1. The molecule has 1 aliphatic heterocycles. The predicted molar refractivity (Wildman–Crippen MR) is 113 cm³/mol. The van der Waals surface area contributed by atoms with Crippen LogP contribution in [-0.2, 0) is 4.74 Å². The normalized spacial score (nSPS) is 16.9. The average molecular weight is 431 g/mol. The summed E-state index contributed by atoms with van der Waals surface area (Å²) < 4.78 is 21.4. The molecule has 2 aromatic heterocycles. The van der Waals surface area contributed by atoms with Crippen molar-refractivity contribution in [3.8, 4) is 0 Å². The molecule has 4 rings (SSSR count). The number of aromatic nitrogens is 1. The molecule has 2 N–H and O–H groups in total. The van der Waals surface area contributed by atoms with Gasteiger partial charge in [0.15, 0.2) is 5.82 Å². The van der Waals surface area contributed by atoms with Gasteiger partial charge in [-0.15, -0.1) is 0 Å². The number of fused-ring (bicyclic) bond motifs is 1. The molecule has 0 atom stereocenters. The molecule has 9 heteroatoms. The van der Waals surface area contributed by atoms with Crippen molar-refractivity contribution >= 4 is 23.3 Å². The molecule has 166 valence electrons. The number of alkyl carbamates (subject to hydrolysis) is 1. The Morgan fingerprint density at radius 3 is 2.45 bits per heavy atom. The zero-order chi connectivity index (χ0) is 22.7. The Morgan fingerprint density at radius 2 is 1.90 bits per heavy atom. The lowest BCUT2D eigenvalue weighted by Gasteiger charge is -2.42. The molecule has 3 heterocycles. The van der Waals surface area contributed by atoms with Gasteiger partial charge in [0.2, 0.25) is 0 Å². The Hall–Kier alpha value is -3.10. The second-order valence-corrected chi connectivity index (χ2v) is 9.32. The van der Waals surface area contributed by atoms with Gasteiger partial charge in [-0.3, -0.25) is 9.20 Å². The quantitative estimate of drug-likeness (QED) is 0.772. The van der Waals surface area contributed by atoms with Crippen molar-refractivity contribution in [1.29, 1.82) is 0 Å². The lowest BCUT2D eigenvalue weighted by atomic mass is 10.00. The van der Waals surface area contributed by atoms with E-state index in [1.807, 2.05) is 0 Å². The maximum absolute atomic E-state index is 15.1. The Balaban J connectivity index is 1.66. The Bertz CT molecular complexity index is 1140. The number of carboxylic acids is 1. The first-order chi connectivity index (χ1) is 14.5. The van der Waals surface area contributed by atoms with E-state index in [2.05, 4.69) is 5.32 Å². The summed E-state index contributed by atoms with van der Waals surface area (Å²) in [7, 11) is 0. The summed E-state index contributed by atoms with van der Waals surface area (Å²) in [6.45, 7) is 7.90. The van der Waals surface area contributed by atoms with Crippen molar-refractivity contribution in [2.75, 3.05) is 18.0 Å². The molecular formula is C22H26FN3O5. The van der Waals surface area contributed by atoms with Gasteiger partial charge in [-0.05, 0) is 63.6 Å². The summed E-state index contributed by atoms with van der Waals surface area (Å²) in [6, 6.07) is 1.26. The first-order valence-electron chi connectivity index (χ1n) is 10.3. The maximum Gasteiger partial charge on any atom is 0.407 e. The minimum Gasteiger partial charge on any atom is -0.477 e. The number of carbonyl (C=O) groups is 2. The van der Waals surface area contributed by atoms with Crippen LogP contribution in [0.2, 0.25) is 0 Å². The van der Waals surface area contributed by atoms with Crippen LogP contribution in [-0.4, -0.2) is 46.3 Å². The number of aryl methyl sites for hydroxylation is 1. The van der Waals surface area contributed by atoms with Gasteiger partial charge in [0.1, 0.15) is 11.2 Å². The molecule has 1 amide bonds.